The molecule has 0 aliphatic rings. The summed E-state index contributed by atoms with van der Waals surface area (Å²) < 4.78 is 18.0. The van der Waals surface area contributed by atoms with E-state index < -0.39 is 23.0 Å². The first-order valence-corrected chi connectivity index (χ1v) is 4.06. The number of fused-ring (bicyclic) bond motifs is 1. The zero-order valence-electron chi connectivity index (χ0n) is 7.36. The van der Waals surface area contributed by atoms with Crippen molar-refractivity contribution in [2.24, 2.45) is 0 Å². The SMILES string of the molecule is O=C(O)c1oc2ccccc2c(=O)c1F. The van der Waals surface area contributed by atoms with Crippen molar-refractivity contribution in [3.63, 3.8) is 0 Å². The van der Waals surface area contributed by atoms with Crippen LogP contribution in [0, 0.1) is 5.82 Å². The molecule has 15 heavy (non-hydrogen) atoms. The van der Waals surface area contributed by atoms with Gasteiger partial charge < -0.3 is 9.52 Å². The van der Waals surface area contributed by atoms with Gasteiger partial charge in [-0.1, -0.05) is 12.1 Å². The predicted octanol–water partition coefficient (Wildman–Crippen LogP) is 1.63. The maximum absolute atomic E-state index is 13.2. The van der Waals surface area contributed by atoms with E-state index in [2.05, 4.69) is 0 Å². The Labute approximate surface area is 82.6 Å². The summed E-state index contributed by atoms with van der Waals surface area (Å²) in [4.78, 5) is 21.9. The van der Waals surface area contributed by atoms with Crippen LogP contribution >= 0.6 is 0 Å². The van der Waals surface area contributed by atoms with Gasteiger partial charge in [-0.3, -0.25) is 4.79 Å². The maximum atomic E-state index is 13.2. The Bertz CT molecular complexity index is 600. The molecule has 1 heterocycles. The van der Waals surface area contributed by atoms with Gasteiger partial charge in [-0.05, 0) is 12.1 Å². The van der Waals surface area contributed by atoms with Crippen LogP contribution in [0.25, 0.3) is 11.0 Å². The lowest BCUT2D eigenvalue weighted by Crippen LogP contribution is -2.13. The summed E-state index contributed by atoms with van der Waals surface area (Å²) >= 11 is 0. The molecule has 5 heteroatoms. The van der Waals surface area contributed by atoms with E-state index in [1.165, 1.54) is 12.1 Å². The molecule has 0 saturated heterocycles. The van der Waals surface area contributed by atoms with Gasteiger partial charge in [0.25, 0.3) is 5.76 Å². The van der Waals surface area contributed by atoms with Crippen LogP contribution in [0.2, 0.25) is 0 Å². The van der Waals surface area contributed by atoms with E-state index in [1.807, 2.05) is 0 Å². The number of hydrogen-bond donors (Lipinski definition) is 1. The van der Waals surface area contributed by atoms with E-state index in [-0.39, 0.29) is 11.0 Å². The number of carboxylic acid groups (broad SMARTS) is 1. The molecule has 1 aromatic carbocycles. The summed E-state index contributed by atoms with van der Waals surface area (Å²) in [5.74, 6) is -3.93. The Morgan fingerprint density at radius 2 is 2.00 bits per heavy atom. The van der Waals surface area contributed by atoms with E-state index in [0.717, 1.165) is 0 Å². The Kier molecular flexibility index (Phi) is 2.00. The normalized spacial score (nSPS) is 10.5. The third-order valence-electron chi connectivity index (χ3n) is 1.94. The summed E-state index contributed by atoms with van der Waals surface area (Å²) in [6, 6.07) is 5.88. The second-order valence-electron chi connectivity index (χ2n) is 2.88. The molecule has 0 amide bonds. The largest absolute Gasteiger partial charge is 0.475 e. The molecule has 1 aromatic heterocycles. The van der Waals surface area contributed by atoms with Gasteiger partial charge in [0, 0.05) is 0 Å². The van der Waals surface area contributed by atoms with Crippen molar-refractivity contribution in [2.45, 2.75) is 0 Å². The summed E-state index contributed by atoms with van der Waals surface area (Å²) in [6.45, 7) is 0. The molecule has 0 unspecified atom stereocenters. The number of carboxylic acids is 1. The minimum Gasteiger partial charge on any atom is -0.475 e. The first-order chi connectivity index (χ1) is 7.11. The van der Waals surface area contributed by atoms with Crippen LogP contribution in [-0.4, -0.2) is 11.1 Å². The molecule has 0 radical (unpaired) electrons. The van der Waals surface area contributed by atoms with Crippen LogP contribution < -0.4 is 5.43 Å². The van der Waals surface area contributed by atoms with Crippen molar-refractivity contribution in [1.82, 2.24) is 0 Å². The van der Waals surface area contributed by atoms with Gasteiger partial charge in [-0.2, -0.15) is 4.39 Å². The molecular formula is C10H5FO4. The van der Waals surface area contributed by atoms with Crippen LogP contribution in [-0.2, 0) is 0 Å². The topological polar surface area (TPSA) is 67.5 Å². The highest BCUT2D eigenvalue weighted by Crippen LogP contribution is 2.14. The average Bonchev–Trinajstić information content (AvgIpc) is 2.23. The second-order valence-corrected chi connectivity index (χ2v) is 2.88. The third-order valence-corrected chi connectivity index (χ3v) is 1.94. The monoisotopic (exact) mass is 208 g/mol. The molecule has 1 N–H and O–H groups in total. The van der Waals surface area contributed by atoms with Gasteiger partial charge in [0.15, 0.2) is 0 Å². The quantitative estimate of drug-likeness (QED) is 0.773. The molecule has 2 aromatic rings. The first-order valence-electron chi connectivity index (χ1n) is 4.06. The second kappa shape index (κ2) is 3.20. The number of benzene rings is 1. The maximum Gasteiger partial charge on any atom is 0.375 e. The lowest BCUT2D eigenvalue weighted by atomic mass is 10.2. The number of rotatable bonds is 1. The van der Waals surface area contributed by atoms with Gasteiger partial charge in [0.1, 0.15) is 5.58 Å². The van der Waals surface area contributed by atoms with Gasteiger partial charge in [-0.15, -0.1) is 0 Å². The molecular weight excluding hydrogens is 203 g/mol. The van der Waals surface area contributed by atoms with E-state index >= 15 is 0 Å². The van der Waals surface area contributed by atoms with Crippen molar-refractivity contribution in [2.75, 3.05) is 0 Å². The van der Waals surface area contributed by atoms with Gasteiger partial charge in [0.05, 0.1) is 5.39 Å². The van der Waals surface area contributed by atoms with Crippen LogP contribution in [0.15, 0.2) is 33.5 Å². The van der Waals surface area contributed by atoms with Crippen LogP contribution in [0.3, 0.4) is 0 Å². The molecule has 0 fully saturated rings. The summed E-state index contributed by atoms with van der Waals surface area (Å²) in [5, 5.41) is 8.60. The standard InChI is InChI=1S/C10H5FO4/c11-7-8(12)5-3-1-2-4-6(5)15-9(7)10(13)14/h1-4H,(H,13,14). The Hall–Kier alpha value is -2.17. The van der Waals surface area contributed by atoms with Crippen molar-refractivity contribution >= 4 is 16.9 Å². The number of halogens is 1. The van der Waals surface area contributed by atoms with Crippen LogP contribution in [0.4, 0.5) is 4.39 Å². The summed E-state index contributed by atoms with van der Waals surface area (Å²) in [7, 11) is 0. The fourth-order valence-electron chi connectivity index (χ4n) is 1.26. The average molecular weight is 208 g/mol. The highest BCUT2D eigenvalue weighted by molar-refractivity contribution is 5.87. The highest BCUT2D eigenvalue weighted by Gasteiger charge is 2.19. The molecule has 0 spiro atoms. The number of carbonyl (C=O) groups is 1. The highest BCUT2D eigenvalue weighted by atomic mass is 19.1. The minimum absolute atomic E-state index is 0.0278. The molecule has 4 nitrogen and oxygen atoms in total. The first kappa shape index (κ1) is 9.39. The molecule has 0 atom stereocenters. The predicted molar refractivity (Wildman–Crippen MR) is 49.4 cm³/mol. The zero-order valence-corrected chi connectivity index (χ0v) is 7.36. The van der Waals surface area contributed by atoms with E-state index in [1.54, 1.807) is 12.1 Å². The van der Waals surface area contributed by atoms with E-state index in [4.69, 9.17) is 9.52 Å². The summed E-state index contributed by atoms with van der Waals surface area (Å²) in [5.41, 5.74) is -0.907. The van der Waals surface area contributed by atoms with Gasteiger partial charge in [0.2, 0.25) is 11.2 Å². The molecule has 0 aliphatic heterocycles. The molecule has 76 valence electrons. The Morgan fingerprint density at radius 1 is 1.33 bits per heavy atom. The number of para-hydroxylation sites is 1. The fourth-order valence-corrected chi connectivity index (χ4v) is 1.26. The Morgan fingerprint density at radius 3 is 2.67 bits per heavy atom. The van der Waals surface area contributed by atoms with Crippen LogP contribution in [0.1, 0.15) is 10.6 Å². The van der Waals surface area contributed by atoms with Crippen molar-refractivity contribution in [1.29, 1.82) is 0 Å². The van der Waals surface area contributed by atoms with Crippen molar-refractivity contribution in [3.05, 3.63) is 46.1 Å². The van der Waals surface area contributed by atoms with Crippen molar-refractivity contribution < 1.29 is 18.7 Å². The fraction of sp³-hybridized carbons (Fsp3) is 0. The zero-order chi connectivity index (χ0) is 11.0. The number of aromatic carboxylic acids is 1. The van der Waals surface area contributed by atoms with Crippen LogP contribution in [0.5, 0.6) is 0 Å². The third kappa shape index (κ3) is 1.38. The Balaban J connectivity index is 2.95. The van der Waals surface area contributed by atoms with Gasteiger partial charge in [-0.25, -0.2) is 4.79 Å². The number of hydrogen-bond acceptors (Lipinski definition) is 3. The van der Waals surface area contributed by atoms with E-state index in [0.29, 0.717) is 0 Å². The summed E-state index contributed by atoms with van der Waals surface area (Å²) in [6.07, 6.45) is 0. The minimum atomic E-state index is -1.60. The lowest BCUT2D eigenvalue weighted by Gasteiger charge is -1.99. The molecule has 0 bridgehead atoms. The van der Waals surface area contributed by atoms with Crippen molar-refractivity contribution in [3.8, 4) is 0 Å². The molecule has 0 aliphatic carbocycles. The lowest BCUT2D eigenvalue weighted by molar-refractivity contribution is 0.0654. The smallest absolute Gasteiger partial charge is 0.375 e. The van der Waals surface area contributed by atoms with Gasteiger partial charge >= 0.3 is 5.97 Å². The van der Waals surface area contributed by atoms with E-state index in [9.17, 15) is 14.0 Å². The molecule has 2 rings (SSSR count). The molecule has 0 saturated carbocycles.